The highest BCUT2D eigenvalue weighted by Crippen LogP contribution is 2.28. The number of unbranched alkanes of at least 4 members (excludes halogenated alkanes) is 9. The van der Waals surface area contributed by atoms with Crippen molar-refractivity contribution >= 4 is 29.1 Å². The largest absolute Gasteiger partial charge is 0.368 e. The van der Waals surface area contributed by atoms with Gasteiger partial charge in [-0.15, -0.1) is 0 Å². The monoisotopic (exact) mass is 536 g/mol. The number of aryl methyl sites for hydroxylation is 1. The summed E-state index contributed by atoms with van der Waals surface area (Å²) >= 11 is 12.7. The predicted molar refractivity (Wildman–Crippen MR) is 152 cm³/mol. The summed E-state index contributed by atoms with van der Waals surface area (Å²) in [6, 6.07) is 5.23. The quantitative estimate of drug-likeness (QED) is 0.187. The zero-order valence-electron chi connectivity index (χ0n) is 22.5. The van der Waals surface area contributed by atoms with Gasteiger partial charge in [0.25, 0.3) is 0 Å². The van der Waals surface area contributed by atoms with Crippen LogP contribution in [0.1, 0.15) is 96.2 Å². The van der Waals surface area contributed by atoms with E-state index in [2.05, 4.69) is 21.4 Å². The van der Waals surface area contributed by atoms with Crippen LogP contribution in [0.5, 0.6) is 0 Å². The minimum atomic E-state index is -0.390. The van der Waals surface area contributed by atoms with E-state index in [9.17, 15) is 4.79 Å². The Hall–Kier alpha value is -1.56. The molecule has 1 heterocycles. The van der Waals surface area contributed by atoms with E-state index in [-0.39, 0.29) is 11.8 Å². The van der Waals surface area contributed by atoms with Crippen LogP contribution in [0.3, 0.4) is 0 Å². The molecule has 0 aliphatic rings. The summed E-state index contributed by atoms with van der Waals surface area (Å²) in [5.41, 5.74) is 7.91. The van der Waals surface area contributed by atoms with E-state index in [1.807, 2.05) is 38.5 Å². The minimum absolute atomic E-state index is 0.0806. The fourth-order valence-corrected chi connectivity index (χ4v) is 5.30. The lowest BCUT2D eigenvalue weighted by atomic mass is 10.0. The number of halogens is 2. The molecule has 2 rings (SSSR count). The summed E-state index contributed by atoms with van der Waals surface area (Å²) in [6.45, 7) is 8.49. The standard InChI is InChI=1S/C29H46Cl2N4O/c1-4-5-6-7-8-9-10-11-12-13-18-35-22-33-20-25(35)17-19-34(28(23(2)3)29(32)36)21-24-15-14-16-26(30)27(24)31/h14-16,20,22-23,28H,4-13,17-19,21H2,1-3H3,(H2,32,36)/t28-/m0/s1. The molecule has 0 aliphatic carbocycles. The van der Waals surface area contributed by atoms with Crippen molar-refractivity contribution in [2.75, 3.05) is 6.54 Å². The Morgan fingerprint density at radius 2 is 1.67 bits per heavy atom. The van der Waals surface area contributed by atoms with E-state index in [4.69, 9.17) is 28.9 Å². The first kappa shape index (κ1) is 30.7. The number of imidazole rings is 1. The van der Waals surface area contributed by atoms with Crippen molar-refractivity contribution in [3.63, 3.8) is 0 Å². The Morgan fingerprint density at radius 3 is 2.28 bits per heavy atom. The number of primary amides is 1. The van der Waals surface area contributed by atoms with Crippen LogP contribution in [0.2, 0.25) is 10.0 Å². The van der Waals surface area contributed by atoms with Crippen LogP contribution in [0.15, 0.2) is 30.7 Å². The van der Waals surface area contributed by atoms with Gasteiger partial charge in [0, 0.05) is 37.9 Å². The number of benzene rings is 1. The number of carbonyl (C=O) groups is 1. The summed E-state index contributed by atoms with van der Waals surface area (Å²) in [5.74, 6) is -0.237. The van der Waals surface area contributed by atoms with Gasteiger partial charge in [-0.1, -0.05) is 114 Å². The normalized spacial score (nSPS) is 12.5. The Balaban J connectivity index is 1.89. The number of hydrogen-bond acceptors (Lipinski definition) is 3. The molecule has 2 N–H and O–H groups in total. The van der Waals surface area contributed by atoms with Gasteiger partial charge in [0.2, 0.25) is 5.91 Å². The molecule has 0 spiro atoms. The third-order valence-electron chi connectivity index (χ3n) is 6.93. The van der Waals surface area contributed by atoms with E-state index in [1.54, 1.807) is 6.07 Å². The molecule has 0 aliphatic heterocycles. The van der Waals surface area contributed by atoms with E-state index in [1.165, 1.54) is 63.5 Å². The summed E-state index contributed by atoms with van der Waals surface area (Å²) < 4.78 is 2.25. The highest BCUT2D eigenvalue weighted by molar-refractivity contribution is 6.42. The van der Waals surface area contributed by atoms with Crippen molar-refractivity contribution < 1.29 is 4.79 Å². The second-order valence-electron chi connectivity index (χ2n) is 10.3. The smallest absolute Gasteiger partial charge is 0.235 e. The van der Waals surface area contributed by atoms with Gasteiger partial charge >= 0.3 is 0 Å². The molecular weight excluding hydrogens is 491 g/mol. The molecule has 202 valence electrons. The van der Waals surface area contributed by atoms with Crippen LogP contribution in [0.4, 0.5) is 0 Å². The van der Waals surface area contributed by atoms with Crippen LogP contribution in [0.25, 0.3) is 0 Å². The zero-order valence-corrected chi connectivity index (χ0v) is 24.0. The maximum Gasteiger partial charge on any atom is 0.235 e. The molecule has 1 amide bonds. The molecule has 0 fully saturated rings. The number of aromatic nitrogens is 2. The number of amides is 1. The SMILES string of the molecule is CCCCCCCCCCCCn1cncc1CCN(Cc1cccc(Cl)c1Cl)[C@H](C(N)=O)C(C)C. The lowest BCUT2D eigenvalue weighted by Crippen LogP contribution is -2.48. The molecule has 2 aromatic rings. The minimum Gasteiger partial charge on any atom is -0.368 e. The Labute approximate surface area is 228 Å². The van der Waals surface area contributed by atoms with Gasteiger partial charge in [-0.25, -0.2) is 4.98 Å². The highest BCUT2D eigenvalue weighted by atomic mass is 35.5. The molecule has 5 nitrogen and oxygen atoms in total. The van der Waals surface area contributed by atoms with Gasteiger partial charge in [-0.3, -0.25) is 9.69 Å². The van der Waals surface area contributed by atoms with Crippen molar-refractivity contribution in [3.05, 3.63) is 52.0 Å². The van der Waals surface area contributed by atoms with Crippen molar-refractivity contribution in [2.45, 2.75) is 111 Å². The number of nitrogens with two attached hydrogens (primary N) is 1. The molecule has 0 saturated carbocycles. The lowest BCUT2D eigenvalue weighted by Gasteiger charge is -2.32. The van der Waals surface area contributed by atoms with Gasteiger partial charge in [-0.2, -0.15) is 0 Å². The number of rotatable bonds is 19. The molecule has 0 unspecified atom stereocenters. The third kappa shape index (κ3) is 10.4. The molecule has 36 heavy (non-hydrogen) atoms. The van der Waals surface area contributed by atoms with Gasteiger partial charge < -0.3 is 10.3 Å². The molecule has 0 bridgehead atoms. The fourth-order valence-electron chi connectivity index (χ4n) is 4.92. The molecule has 0 radical (unpaired) electrons. The van der Waals surface area contributed by atoms with Crippen LogP contribution < -0.4 is 5.73 Å². The summed E-state index contributed by atoms with van der Waals surface area (Å²) in [6.07, 6.45) is 17.9. The first-order valence-electron chi connectivity index (χ1n) is 13.8. The second-order valence-corrected chi connectivity index (χ2v) is 11.1. The number of carbonyl (C=O) groups excluding carboxylic acids is 1. The summed E-state index contributed by atoms with van der Waals surface area (Å²) in [4.78, 5) is 18.9. The molecular formula is C29H46Cl2N4O. The fraction of sp³-hybridized carbons (Fsp3) is 0.655. The van der Waals surface area contributed by atoms with Gasteiger partial charge in [-0.05, 0) is 24.0 Å². The van der Waals surface area contributed by atoms with Crippen molar-refractivity contribution in [1.29, 1.82) is 0 Å². The predicted octanol–water partition coefficient (Wildman–Crippen LogP) is 7.67. The van der Waals surface area contributed by atoms with Gasteiger partial charge in [0.05, 0.1) is 22.4 Å². The number of hydrogen-bond donors (Lipinski definition) is 1. The average molecular weight is 538 g/mol. The maximum atomic E-state index is 12.4. The Morgan fingerprint density at radius 1 is 1.03 bits per heavy atom. The maximum absolute atomic E-state index is 12.4. The van der Waals surface area contributed by atoms with E-state index in [0.717, 1.165) is 24.9 Å². The van der Waals surface area contributed by atoms with Crippen molar-refractivity contribution in [3.8, 4) is 0 Å². The molecule has 1 atom stereocenters. The summed E-state index contributed by atoms with van der Waals surface area (Å²) in [7, 11) is 0. The van der Waals surface area contributed by atoms with Crippen molar-refractivity contribution in [1.82, 2.24) is 14.5 Å². The van der Waals surface area contributed by atoms with Crippen LogP contribution in [0, 0.1) is 5.92 Å². The summed E-state index contributed by atoms with van der Waals surface area (Å²) in [5, 5.41) is 1.05. The molecule has 0 saturated heterocycles. The number of nitrogens with zero attached hydrogens (tertiary/aromatic N) is 3. The average Bonchev–Trinajstić information content (AvgIpc) is 3.28. The zero-order chi connectivity index (χ0) is 26.3. The Kier molecular flexibility index (Phi) is 14.5. The first-order valence-corrected chi connectivity index (χ1v) is 14.6. The Bertz CT molecular complexity index is 899. The van der Waals surface area contributed by atoms with Crippen molar-refractivity contribution in [2.24, 2.45) is 11.7 Å². The highest BCUT2D eigenvalue weighted by Gasteiger charge is 2.28. The third-order valence-corrected chi connectivity index (χ3v) is 7.79. The molecule has 1 aromatic heterocycles. The van der Waals surface area contributed by atoms with E-state index >= 15 is 0 Å². The topological polar surface area (TPSA) is 64.2 Å². The van der Waals surface area contributed by atoms with Crippen LogP contribution in [-0.4, -0.2) is 32.9 Å². The van der Waals surface area contributed by atoms with Crippen LogP contribution in [-0.2, 0) is 24.3 Å². The van der Waals surface area contributed by atoms with Crippen LogP contribution >= 0.6 is 23.2 Å². The first-order chi connectivity index (χ1) is 17.3. The van der Waals surface area contributed by atoms with E-state index < -0.39 is 6.04 Å². The second kappa shape index (κ2) is 17.0. The molecule has 7 heteroatoms. The van der Waals surface area contributed by atoms with Gasteiger partial charge in [0.15, 0.2) is 0 Å². The van der Waals surface area contributed by atoms with Gasteiger partial charge in [0.1, 0.15) is 0 Å². The lowest BCUT2D eigenvalue weighted by molar-refractivity contribution is -0.125. The molecule has 1 aromatic carbocycles. The van der Waals surface area contributed by atoms with E-state index in [0.29, 0.717) is 23.1 Å².